The first-order valence-corrected chi connectivity index (χ1v) is 8.16. The first-order valence-electron chi connectivity index (χ1n) is 8.16. The van der Waals surface area contributed by atoms with E-state index < -0.39 is 5.82 Å². The van der Waals surface area contributed by atoms with Gasteiger partial charge in [0.2, 0.25) is 0 Å². The summed E-state index contributed by atoms with van der Waals surface area (Å²) in [5, 5.41) is 3.33. The molecule has 0 radical (unpaired) electrons. The molecule has 1 aliphatic rings. The minimum Gasteiger partial charge on any atom is -0.490 e. The van der Waals surface area contributed by atoms with E-state index in [1.54, 1.807) is 6.07 Å². The molecule has 1 fully saturated rings. The molecule has 3 nitrogen and oxygen atoms in total. The molecule has 4 heteroatoms. The van der Waals surface area contributed by atoms with Gasteiger partial charge in [-0.25, -0.2) is 4.39 Å². The van der Waals surface area contributed by atoms with Crippen LogP contribution in [-0.4, -0.2) is 13.2 Å². The minimum atomic E-state index is -0.390. The van der Waals surface area contributed by atoms with E-state index in [0.29, 0.717) is 12.3 Å². The van der Waals surface area contributed by atoms with Crippen LogP contribution in [0.1, 0.15) is 51.9 Å². The molecule has 0 spiro atoms. The average Bonchev–Trinajstić information content (AvgIpc) is 2.49. The number of benzene rings is 1. The molecule has 1 aliphatic carbocycles. The van der Waals surface area contributed by atoms with Gasteiger partial charge in [0.25, 0.3) is 0 Å². The van der Waals surface area contributed by atoms with Crippen LogP contribution in [0.4, 0.5) is 15.8 Å². The van der Waals surface area contributed by atoms with Crippen molar-refractivity contribution < 1.29 is 9.13 Å². The number of rotatable bonds is 7. The Morgan fingerprint density at radius 1 is 1.29 bits per heavy atom. The van der Waals surface area contributed by atoms with Gasteiger partial charge in [0, 0.05) is 18.7 Å². The number of anilines is 2. The lowest BCUT2D eigenvalue weighted by atomic mass is 9.87. The Morgan fingerprint density at radius 2 is 2.05 bits per heavy atom. The molecule has 0 unspecified atom stereocenters. The van der Waals surface area contributed by atoms with Crippen LogP contribution < -0.4 is 15.8 Å². The molecule has 0 atom stereocenters. The van der Waals surface area contributed by atoms with Crippen LogP contribution in [0.15, 0.2) is 12.1 Å². The number of nitrogens with two attached hydrogens (primary N) is 1. The first kappa shape index (κ1) is 15.9. The Morgan fingerprint density at radius 3 is 2.76 bits per heavy atom. The van der Waals surface area contributed by atoms with Crippen molar-refractivity contribution in [3.63, 3.8) is 0 Å². The van der Waals surface area contributed by atoms with Crippen LogP contribution in [0.2, 0.25) is 0 Å². The summed E-state index contributed by atoms with van der Waals surface area (Å²) in [5.74, 6) is 0.716. The fraction of sp³-hybridized carbons (Fsp3) is 0.647. The highest BCUT2D eigenvalue weighted by Crippen LogP contribution is 2.30. The van der Waals surface area contributed by atoms with E-state index in [1.165, 1.54) is 38.2 Å². The average molecular weight is 294 g/mol. The standard InChI is InChI=1S/C17H27FN2O/c1-2-10-21-17-12-16(15(19)11-14(17)18)20-9-8-13-6-4-3-5-7-13/h11-13,20H,2-10,19H2,1H3. The van der Waals surface area contributed by atoms with Gasteiger partial charge in [-0.1, -0.05) is 39.0 Å². The number of nitrogens with one attached hydrogen (secondary N) is 1. The molecule has 0 bridgehead atoms. The molecule has 0 aliphatic heterocycles. The second-order valence-electron chi connectivity index (χ2n) is 5.94. The predicted octanol–water partition coefficient (Wildman–Crippen LogP) is 4.58. The molecule has 0 heterocycles. The van der Waals surface area contributed by atoms with Crippen molar-refractivity contribution in [3.05, 3.63) is 17.9 Å². The molecule has 1 aromatic carbocycles. The van der Waals surface area contributed by atoms with Crippen molar-refractivity contribution in [3.8, 4) is 5.75 Å². The highest BCUT2D eigenvalue weighted by Gasteiger charge is 2.13. The molecule has 1 saturated carbocycles. The summed E-state index contributed by atoms with van der Waals surface area (Å²) in [6.07, 6.45) is 8.79. The summed E-state index contributed by atoms with van der Waals surface area (Å²) in [4.78, 5) is 0. The van der Waals surface area contributed by atoms with Crippen LogP contribution >= 0.6 is 0 Å². The lowest BCUT2D eigenvalue weighted by Gasteiger charge is -2.22. The van der Waals surface area contributed by atoms with Gasteiger partial charge in [-0.3, -0.25) is 0 Å². The van der Waals surface area contributed by atoms with Gasteiger partial charge in [0.1, 0.15) is 0 Å². The Balaban J connectivity index is 1.88. The van der Waals surface area contributed by atoms with Crippen molar-refractivity contribution in [1.29, 1.82) is 0 Å². The summed E-state index contributed by atoms with van der Waals surface area (Å²) in [6, 6.07) is 3.02. The summed E-state index contributed by atoms with van der Waals surface area (Å²) < 4.78 is 19.1. The zero-order valence-corrected chi connectivity index (χ0v) is 13.0. The fourth-order valence-electron chi connectivity index (χ4n) is 2.93. The third-order valence-corrected chi connectivity index (χ3v) is 4.16. The smallest absolute Gasteiger partial charge is 0.167 e. The third-order valence-electron chi connectivity index (χ3n) is 4.16. The van der Waals surface area contributed by atoms with Crippen molar-refractivity contribution in [2.24, 2.45) is 5.92 Å². The van der Waals surface area contributed by atoms with Crippen LogP contribution in [0.5, 0.6) is 5.75 Å². The van der Waals surface area contributed by atoms with Gasteiger partial charge < -0.3 is 15.8 Å². The Labute approximate surface area is 127 Å². The monoisotopic (exact) mass is 294 g/mol. The summed E-state index contributed by atoms with van der Waals surface area (Å²) in [5.41, 5.74) is 7.10. The van der Waals surface area contributed by atoms with Crippen LogP contribution in [0.3, 0.4) is 0 Å². The minimum absolute atomic E-state index is 0.284. The topological polar surface area (TPSA) is 47.3 Å². The molecular weight excluding hydrogens is 267 g/mol. The second kappa shape index (κ2) is 8.11. The Hall–Kier alpha value is -1.45. The maximum absolute atomic E-state index is 13.7. The van der Waals surface area contributed by atoms with Crippen molar-refractivity contribution in [2.75, 3.05) is 24.2 Å². The van der Waals surface area contributed by atoms with Crippen molar-refractivity contribution in [1.82, 2.24) is 0 Å². The van der Waals surface area contributed by atoms with Crippen molar-refractivity contribution in [2.45, 2.75) is 51.9 Å². The molecular formula is C17H27FN2O. The maximum atomic E-state index is 13.7. The van der Waals surface area contributed by atoms with E-state index in [2.05, 4.69) is 5.32 Å². The molecule has 0 aromatic heterocycles. The highest BCUT2D eigenvalue weighted by molar-refractivity contribution is 5.68. The molecule has 118 valence electrons. The summed E-state index contributed by atoms with van der Waals surface area (Å²) in [6.45, 7) is 3.40. The quantitative estimate of drug-likeness (QED) is 0.724. The second-order valence-corrected chi connectivity index (χ2v) is 5.94. The highest BCUT2D eigenvalue weighted by atomic mass is 19.1. The SMILES string of the molecule is CCCOc1cc(NCCC2CCCCC2)c(N)cc1F. The Bertz CT molecular complexity index is 445. The van der Waals surface area contributed by atoms with Crippen LogP contribution in [0.25, 0.3) is 0 Å². The van der Waals surface area contributed by atoms with E-state index in [-0.39, 0.29) is 5.75 Å². The lowest BCUT2D eigenvalue weighted by molar-refractivity contribution is 0.301. The lowest BCUT2D eigenvalue weighted by Crippen LogP contribution is -2.13. The van der Waals surface area contributed by atoms with E-state index >= 15 is 0 Å². The van der Waals surface area contributed by atoms with Crippen LogP contribution in [0, 0.1) is 11.7 Å². The van der Waals surface area contributed by atoms with Gasteiger partial charge >= 0.3 is 0 Å². The van der Waals surface area contributed by atoms with Crippen LogP contribution in [-0.2, 0) is 0 Å². The van der Waals surface area contributed by atoms with E-state index in [9.17, 15) is 4.39 Å². The van der Waals surface area contributed by atoms with Gasteiger partial charge in [0.05, 0.1) is 18.0 Å². The zero-order chi connectivity index (χ0) is 15.1. The number of hydrogen-bond donors (Lipinski definition) is 2. The molecule has 21 heavy (non-hydrogen) atoms. The van der Waals surface area contributed by atoms with E-state index in [4.69, 9.17) is 10.5 Å². The predicted molar refractivity (Wildman–Crippen MR) is 86.3 cm³/mol. The number of nitrogen functional groups attached to an aromatic ring is 1. The number of halogens is 1. The van der Waals surface area contributed by atoms with Gasteiger partial charge in [-0.2, -0.15) is 0 Å². The number of hydrogen-bond acceptors (Lipinski definition) is 3. The largest absolute Gasteiger partial charge is 0.490 e. The van der Waals surface area contributed by atoms with Crippen molar-refractivity contribution >= 4 is 11.4 Å². The molecule has 0 saturated heterocycles. The Kier molecular flexibility index (Phi) is 6.15. The molecule has 3 N–H and O–H groups in total. The maximum Gasteiger partial charge on any atom is 0.167 e. The van der Waals surface area contributed by atoms with Gasteiger partial charge in [-0.15, -0.1) is 0 Å². The molecule has 0 amide bonds. The summed E-state index contributed by atoms with van der Waals surface area (Å²) in [7, 11) is 0. The van der Waals surface area contributed by atoms with Gasteiger partial charge in [-0.05, 0) is 18.8 Å². The van der Waals surface area contributed by atoms with Gasteiger partial charge in [0.15, 0.2) is 11.6 Å². The first-order chi connectivity index (χ1) is 10.2. The molecule has 1 aromatic rings. The molecule has 2 rings (SSSR count). The van der Waals surface area contributed by atoms with E-state index in [1.807, 2.05) is 6.92 Å². The number of ether oxygens (including phenoxy) is 1. The summed E-state index contributed by atoms with van der Waals surface area (Å²) >= 11 is 0. The zero-order valence-electron chi connectivity index (χ0n) is 13.0. The third kappa shape index (κ3) is 4.80. The van der Waals surface area contributed by atoms with E-state index in [0.717, 1.165) is 31.0 Å². The fourth-order valence-corrected chi connectivity index (χ4v) is 2.93. The normalized spacial score (nSPS) is 15.9.